The van der Waals surface area contributed by atoms with E-state index in [0.717, 1.165) is 18.6 Å². The van der Waals surface area contributed by atoms with Gasteiger partial charge in [-0.15, -0.1) is 0 Å². The molecule has 3 aromatic rings. The zero-order chi connectivity index (χ0) is 21.8. The topological polar surface area (TPSA) is 9.23 Å². The van der Waals surface area contributed by atoms with Gasteiger partial charge in [-0.25, -0.2) is 0 Å². The molecule has 0 spiro atoms. The molecular weight excluding hydrogens is 376 g/mol. The van der Waals surface area contributed by atoms with Crippen LogP contribution in [0.3, 0.4) is 0 Å². The number of aryl methyl sites for hydroxylation is 1. The third-order valence-corrected chi connectivity index (χ3v) is 6.90. The molecule has 3 aromatic carbocycles. The fraction of sp³-hybridized carbons (Fsp3) is 0.333. The van der Waals surface area contributed by atoms with Crippen molar-refractivity contribution in [2.24, 2.45) is 5.41 Å². The van der Waals surface area contributed by atoms with Crippen LogP contribution in [0.4, 0.5) is 0 Å². The predicted molar refractivity (Wildman–Crippen MR) is 132 cm³/mol. The molecule has 0 bridgehead atoms. The van der Waals surface area contributed by atoms with Gasteiger partial charge in [0, 0.05) is 5.39 Å². The molecule has 0 amide bonds. The number of fused-ring (bicyclic) bond motifs is 4. The van der Waals surface area contributed by atoms with Gasteiger partial charge < -0.3 is 4.74 Å². The molecule has 2 aliphatic rings. The summed E-state index contributed by atoms with van der Waals surface area (Å²) in [4.78, 5) is 0. The summed E-state index contributed by atoms with van der Waals surface area (Å²) in [6.07, 6.45) is 7.01. The van der Waals surface area contributed by atoms with Gasteiger partial charge in [0.05, 0.1) is 0 Å². The first kappa shape index (κ1) is 20.1. The Bertz CT molecular complexity index is 1220. The molecule has 31 heavy (non-hydrogen) atoms. The van der Waals surface area contributed by atoms with Crippen molar-refractivity contribution in [3.05, 3.63) is 94.6 Å². The molecule has 0 atom stereocenters. The quantitative estimate of drug-likeness (QED) is 0.425. The second-order valence-electron chi connectivity index (χ2n) is 10.7. The Morgan fingerprint density at radius 2 is 1.65 bits per heavy atom. The molecule has 0 fully saturated rings. The molecule has 0 saturated carbocycles. The first-order valence-electron chi connectivity index (χ1n) is 11.4. The Balaban J connectivity index is 1.63. The summed E-state index contributed by atoms with van der Waals surface area (Å²) in [5, 5.41) is 2.54. The lowest BCUT2D eigenvalue weighted by Gasteiger charge is -2.40. The van der Waals surface area contributed by atoms with Crippen molar-refractivity contribution in [1.82, 2.24) is 0 Å². The van der Waals surface area contributed by atoms with Crippen LogP contribution >= 0.6 is 0 Å². The van der Waals surface area contributed by atoms with Crippen LogP contribution in [0.2, 0.25) is 0 Å². The van der Waals surface area contributed by atoms with Crippen molar-refractivity contribution < 1.29 is 4.74 Å². The van der Waals surface area contributed by atoms with Gasteiger partial charge in [0.15, 0.2) is 0 Å². The van der Waals surface area contributed by atoms with Crippen LogP contribution in [-0.2, 0) is 12.0 Å². The van der Waals surface area contributed by atoms with E-state index < -0.39 is 0 Å². The van der Waals surface area contributed by atoms with Crippen molar-refractivity contribution in [1.29, 1.82) is 0 Å². The lowest BCUT2D eigenvalue weighted by Crippen LogP contribution is -2.28. The van der Waals surface area contributed by atoms with E-state index in [4.69, 9.17) is 4.74 Å². The summed E-state index contributed by atoms with van der Waals surface area (Å²) in [5.74, 6) is 0.993. The Morgan fingerprint density at radius 1 is 0.871 bits per heavy atom. The summed E-state index contributed by atoms with van der Waals surface area (Å²) < 4.78 is 6.44. The van der Waals surface area contributed by atoms with E-state index in [1.807, 2.05) is 0 Å². The maximum Gasteiger partial charge on any atom is 0.127 e. The van der Waals surface area contributed by atoms with E-state index >= 15 is 0 Å². The van der Waals surface area contributed by atoms with E-state index in [2.05, 4.69) is 101 Å². The van der Waals surface area contributed by atoms with Crippen molar-refractivity contribution >= 4 is 16.3 Å². The second-order valence-corrected chi connectivity index (χ2v) is 10.7. The average Bonchev–Trinajstić information content (AvgIpc) is 2.71. The number of hydrogen-bond donors (Lipinski definition) is 0. The highest BCUT2D eigenvalue weighted by Crippen LogP contribution is 2.52. The number of benzene rings is 3. The molecule has 0 N–H and O–H groups in total. The summed E-state index contributed by atoms with van der Waals surface area (Å²) in [6, 6.07) is 19.7. The van der Waals surface area contributed by atoms with E-state index in [1.165, 1.54) is 38.6 Å². The summed E-state index contributed by atoms with van der Waals surface area (Å²) in [5.41, 5.74) is 8.64. The molecule has 2 aliphatic carbocycles. The van der Waals surface area contributed by atoms with Crippen LogP contribution in [0.5, 0.6) is 5.75 Å². The molecular formula is C30H32O. The minimum absolute atomic E-state index is 0.0677. The van der Waals surface area contributed by atoms with Gasteiger partial charge in [-0.2, -0.15) is 0 Å². The molecule has 1 heteroatoms. The maximum absolute atomic E-state index is 6.44. The Hall–Kier alpha value is -2.80. The second kappa shape index (κ2) is 7.12. The smallest absolute Gasteiger partial charge is 0.127 e. The SMILES string of the molecule is Cc1ccc(COc2cccc3ccc4c(c23)C(C)(C)CC2=C4C=CC(C)(C)C2)cc1. The van der Waals surface area contributed by atoms with Crippen molar-refractivity contribution in [3.63, 3.8) is 0 Å². The molecule has 0 aromatic heterocycles. The predicted octanol–water partition coefficient (Wildman–Crippen LogP) is 8.15. The molecule has 0 saturated heterocycles. The molecule has 0 unspecified atom stereocenters. The van der Waals surface area contributed by atoms with E-state index in [-0.39, 0.29) is 10.8 Å². The van der Waals surface area contributed by atoms with Crippen LogP contribution < -0.4 is 4.74 Å². The van der Waals surface area contributed by atoms with E-state index in [9.17, 15) is 0 Å². The summed E-state index contributed by atoms with van der Waals surface area (Å²) in [6.45, 7) is 12.2. The van der Waals surface area contributed by atoms with E-state index in [0.29, 0.717) is 6.61 Å². The molecule has 0 heterocycles. The monoisotopic (exact) mass is 408 g/mol. The fourth-order valence-electron chi connectivity index (χ4n) is 5.43. The Morgan fingerprint density at radius 3 is 2.42 bits per heavy atom. The van der Waals surface area contributed by atoms with Gasteiger partial charge in [-0.3, -0.25) is 0 Å². The Labute approximate surface area is 186 Å². The van der Waals surface area contributed by atoms with Crippen molar-refractivity contribution in [2.75, 3.05) is 0 Å². The number of rotatable bonds is 3. The highest BCUT2D eigenvalue weighted by molar-refractivity contribution is 5.98. The number of allylic oxidation sites excluding steroid dienone is 4. The van der Waals surface area contributed by atoms with Gasteiger partial charge in [0.1, 0.15) is 12.4 Å². The zero-order valence-electron chi connectivity index (χ0n) is 19.4. The molecule has 0 radical (unpaired) electrons. The van der Waals surface area contributed by atoms with Gasteiger partial charge in [0.2, 0.25) is 0 Å². The van der Waals surface area contributed by atoms with Crippen molar-refractivity contribution in [3.8, 4) is 5.75 Å². The highest BCUT2D eigenvalue weighted by Gasteiger charge is 2.37. The normalized spacial score (nSPS) is 18.6. The molecule has 1 nitrogen and oxygen atoms in total. The Kier molecular flexibility index (Phi) is 4.62. The standard InChI is InChI=1S/C30H32O/c1-20-9-11-21(12-10-20)19-31-26-8-6-7-22-13-14-25-24-15-16-29(2,3)17-23(24)18-30(4,5)28(25)27(22)26/h6-16H,17-19H2,1-5H3. The molecule has 158 valence electrons. The van der Waals surface area contributed by atoms with Crippen LogP contribution in [0.25, 0.3) is 16.3 Å². The summed E-state index contributed by atoms with van der Waals surface area (Å²) >= 11 is 0. The first-order valence-corrected chi connectivity index (χ1v) is 11.4. The average molecular weight is 409 g/mol. The lowest BCUT2D eigenvalue weighted by atomic mass is 9.64. The first-order chi connectivity index (χ1) is 14.7. The van der Waals surface area contributed by atoms with Gasteiger partial charge in [0.25, 0.3) is 0 Å². The van der Waals surface area contributed by atoms with Crippen LogP contribution in [0.1, 0.15) is 62.8 Å². The van der Waals surface area contributed by atoms with Crippen molar-refractivity contribution in [2.45, 2.75) is 59.5 Å². The van der Waals surface area contributed by atoms with Crippen LogP contribution in [0, 0.1) is 12.3 Å². The van der Waals surface area contributed by atoms with E-state index in [1.54, 1.807) is 5.57 Å². The molecule has 0 aliphatic heterocycles. The zero-order valence-corrected chi connectivity index (χ0v) is 19.4. The highest BCUT2D eigenvalue weighted by atomic mass is 16.5. The fourth-order valence-corrected chi connectivity index (χ4v) is 5.43. The maximum atomic E-state index is 6.44. The third-order valence-electron chi connectivity index (χ3n) is 6.90. The van der Waals surface area contributed by atoms with Gasteiger partial charge >= 0.3 is 0 Å². The summed E-state index contributed by atoms with van der Waals surface area (Å²) in [7, 11) is 0. The van der Waals surface area contributed by atoms with Crippen LogP contribution in [-0.4, -0.2) is 0 Å². The lowest BCUT2D eigenvalue weighted by molar-refractivity contribution is 0.309. The van der Waals surface area contributed by atoms with Gasteiger partial charge in [-0.05, 0) is 64.3 Å². The third kappa shape index (κ3) is 3.61. The number of hydrogen-bond acceptors (Lipinski definition) is 1. The largest absolute Gasteiger partial charge is 0.488 e. The van der Waals surface area contributed by atoms with Crippen LogP contribution in [0.15, 0.2) is 72.3 Å². The minimum Gasteiger partial charge on any atom is -0.488 e. The molecule has 5 rings (SSSR count). The number of ether oxygens (including phenoxy) is 1. The minimum atomic E-state index is 0.0677. The van der Waals surface area contributed by atoms with Gasteiger partial charge in [-0.1, -0.05) is 99.5 Å².